The zero-order chi connectivity index (χ0) is 9.97. The van der Waals surface area contributed by atoms with Gasteiger partial charge in [0.05, 0.1) is 0 Å². The van der Waals surface area contributed by atoms with Crippen molar-refractivity contribution < 1.29 is 5.21 Å². The van der Waals surface area contributed by atoms with Crippen molar-refractivity contribution in [3.05, 3.63) is 36.0 Å². The van der Waals surface area contributed by atoms with Crippen LogP contribution < -0.4 is 0 Å². The van der Waals surface area contributed by atoms with Crippen LogP contribution in [-0.4, -0.2) is 28.8 Å². The third kappa shape index (κ3) is 1.78. The molecule has 3 nitrogen and oxygen atoms in total. The molecule has 0 aliphatic rings. The summed E-state index contributed by atoms with van der Waals surface area (Å²) in [5, 5.41) is 11.5. The van der Waals surface area contributed by atoms with Gasteiger partial charge in [-0.3, -0.25) is 0 Å². The lowest BCUT2D eigenvalue weighted by atomic mass is 10.1. The van der Waals surface area contributed by atoms with E-state index in [0.717, 1.165) is 11.9 Å². The number of para-hydroxylation sites is 1. The number of likely N-dealkylation sites (N-methyl/N-ethyl adjacent to an activating group) is 1. The molecule has 0 saturated carbocycles. The van der Waals surface area contributed by atoms with E-state index < -0.39 is 0 Å². The Labute approximate surface area is 82.9 Å². The molecule has 2 N–H and O–H groups in total. The zero-order valence-corrected chi connectivity index (χ0v) is 8.20. The monoisotopic (exact) mass is 190 g/mol. The lowest BCUT2D eigenvalue weighted by Crippen LogP contribution is -2.15. The van der Waals surface area contributed by atoms with Gasteiger partial charge in [0, 0.05) is 30.7 Å². The Balaban J connectivity index is 2.25. The van der Waals surface area contributed by atoms with Crippen molar-refractivity contribution in [2.75, 3.05) is 13.6 Å². The predicted octanol–water partition coefficient (Wildman–Crippen LogP) is 2.03. The number of hydrogen-bond acceptors (Lipinski definition) is 2. The maximum absolute atomic E-state index is 9.05. The fraction of sp³-hybridized carbons (Fsp3) is 0.273. The number of hydrogen-bond donors (Lipinski definition) is 2. The molecular formula is C11H14N2O. The van der Waals surface area contributed by atoms with Crippen LogP contribution in [0.2, 0.25) is 0 Å². The van der Waals surface area contributed by atoms with E-state index in [0.29, 0.717) is 6.54 Å². The largest absolute Gasteiger partial charge is 0.361 e. The molecule has 74 valence electrons. The van der Waals surface area contributed by atoms with Crippen molar-refractivity contribution in [2.24, 2.45) is 0 Å². The smallest absolute Gasteiger partial charge is 0.0456 e. The van der Waals surface area contributed by atoms with Gasteiger partial charge >= 0.3 is 0 Å². The summed E-state index contributed by atoms with van der Waals surface area (Å²) >= 11 is 0. The fourth-order valence-corrected chi connectivity index (χ4v) is 1.62. The summed E-state index contributed by atoms with van der Waals surface area (Å²) in [6.45, 7) is 0.655. The molecule has 0 amide bonds. The molecule has 0 radical (unpaired) electrons. The molecule has 1 aromatic carbocycles. The third-order valence-electron chi connectivity index (χ3n) is 2.38. The van der Waals surface area contributed by atoms with Gasteiger partial charge in [-0.25, -0.2) is 0 Å². The summed E-state index contributed by atoms with van der Waals surface area (Å²) < 4.78 is 0. The van der Waals surface area contributed by atoms with Crippen LogP contribution in [0, 0.1) is 0 Å². The number of nitrogens with zero attached hydrogens (tertiary/aromatic N) is 1. The molecule has 1 aromatic heterocycles. The van der Waals surface area contributed by atoms with Crippen molar-refractivity contribution in [2.45, 2.75) is 6.42 Å². The molecule has 0 bridgehead atoms. The lowest BCUT2D eigenvalue weighted by Gasteiger charge is -2.06. The van der Waals surface area contributed by atoms with Crippen LogP contribution >= 0.6 is 0 Å². The molecule has 0 spiro atoms. The van der Waals surface area contributed by atoms with Crippen LogP contribution in [0.1, 0.15) is 5.56 Å². The van der Waals surface area contributed by atoms with Crippen molar-refractivity contribution in [1.29, 1.82) is 0 Å². The minimum absolute atomic E-state index is 0.655. The normalized spacial score (nSPS) is 11.4. The Bertz CT molecular complexity index is 420. The van der Waals surface area contributed by atoms with Gasteiger partial charge in [-0.05, 0) is 18.1 Å². The molecule has 3 heteroatoms. The van der Waals surface area contributed by atoms with Crippen LogP contribution in [-0.2, 0) is 6.42 Å². The summed E-state index contributed by atoms with van der Waals surface area (Å²) in [4.78, 5) is 3.21. The van der Waals surface area contributed by atoms with E-state index in [9.17, 15) is 0 Å². The maximum Gasteiger partial charge on any atom is 0.0456 e. The van der Waals surface area contributed by atoms with Crippen LogP contribution in [0.25, 0.3) is 10.9 Å². The molecule has 1 heterocycles. The van der Waals surface area contributed by atoms with Crippen molar-refractivity contribution in [1.82, 2.24) is 10.0 Å². The van der Waals surface area contributed by atoms with Crippen LogP contribution in [0.3, 0.4) is 0 Å². The highest BCUT2D eigenvalue weighted by molar-refractivity contribution is 5.82. The molecule has 2 rings (SSSR count). The van der Waals surface area contributed by atoms with Gasteiger partial charge in [0.1, 0.15) is 0 Å². The number of aromatic nitrogens is 1. The van der Waals surface area contributed by atoms with E-state index in [1.807, 2.05) is 18.3 Å². The van der Waals surface area contributed by atoms with Gasteiger partial charge in [0.15, 0.2) is 0 Å². The second-order valence-electron chi connectivity index (χ2n) is 3.49. The Hall–Kier alpha value is -1.32. The van der Waals surface area contributed by atoms with Gasteiger partial charge in [-0.15, -0.1) is 0 Å². The van der Waals surface area contributed by atoms with Crippen LogP contribution in [0.15, 0.2) is 30.5 Å². The third-order valence-corrected chi connectivity index (χ3v) is 2.38. The maximum atomic E-state index is 9.05. The van der Waals surface area contributed by atoms with E-state index in [1.165, 1.54) is 16.0 Å². The Morgan fingerprint density at radius 2 is 2.14 bits per heavy atom. The standard InChI is InChI=1S/C11H14N2O/c1-13(14)7-6-9-8-12-11-5-3-2-4-10(9)11/h2-5,8,12,14H,6-7H2,1H3. The Morgan fingerprint density at radius 3 is 2.93 bits per heavy atom. The summed E-state index contributed by atoms with van der Waals surface area (Å²) in [5.41, 5.74) is 2.41. The Morgan fingerprint density at radius 1 is 1.36 bits per heavy atom. The highest BCUT2D eigenvalue weighted by atomic mass is 16.5. The average Bonchev–Trinajstić information content (AvgIpc) is 2.58. The average molecular weight is 190 g/mol. The van der Waals surface area contributed by atoms with E-state index >= 15 is 0 Å². The highest BCUT2D eigenvalue weighted by Gasteiger charge is 2.02. The van der Waals surface area contributed by atoms with E-state index in [1.54, 1.807) is 7.05 Å². The molecule has 0 aliphatic carbocycles. The second kappa shape index (κ2) is 3.82. The number of aromatic amines is 1. The SMILES string of the molecule is CN(O)CCc1c[nH]c2ccccc12. The summed E-state index contributed by atoms with van der Waals surface area (Å²) in [6, 6.07) is 8.20. The molecule has 0 aliphatic heterocycles. The minimum atomic E-state index is 0.655. The first-order valence-electron chi connectivity index (χ1n) is 4.72. The Kier molecular flexibility index (Phi) is 2.52. The van der Waals surface area contributed by atoms with Gasteiger partial charge in [0.25, 0.3) is 0 Å². The molecule has 14 heavy (non-hydrogen) atoms. The quantitative estimate of drug-likeness (QED) is 0.727. The molecule has 0 unspecified atom stereocenters. The van der Waals surface area contributed by atoms with Crippen LogP contribution in [0.5, 0.6) is 0 Å². The number of H-pyrrole nitrogens is 1. The second-order valence-corrected chi connectivity index (χ2v) is 3.49. The first-order valence-corrected chi connectivity index (χ1v) is 4.72. The molecule has 2 aromatic rings. The number of fused-ring (bicyclic) bond motifs is 1. The van der Waals surface area contributed by atoms with Crippen LogP contribution in [0.4, 0.5) is 0 Å². The van der Waals surface area contributed by atoms with E-state index in [-0.39, 0.29) is 0 Å². The highest BCUT2D eigenvalue weighted by Crippen LogP contribution is 2.17. The van der Waals surface area contributed by atoms with E-state index in [4.69, 9.17) is 5.21 Å². The van der Waals surface area contributed by atoms with Gasteiger partial charge < -0.3 is 10.2 Å². The van der Waals surface area contributed by atoms with E-state index in [2.05, 4.69) is 17.1 Å². The fourth-order valence-electron chi connectivity index (χ4n) is 1.62. The van der Waals surface area contributed by atoms with Crippen molar-refractivity contribution in [3.63, 3.8) is 0 Å². The first-order chi connectivity index (χ1) is 6.77. The topological polar surface area (TPSA) is 39.3 Å². The summed E-state index contributed by atoms with van der Waals surface area (Å²) in [6.07, 6.45) is 2.87. The number of rotatable bonds is 3. The zero-order valence-electron chi connectivity index (χ0n) is 8.20. The minimum Gasteiger partial charge on any atom is -0.361 e. The van der Waals surface area contributed by atoms with Gasteiger partial charge in [-0.1, -0.05) is 18.2 Å². The van der Waals surface area contributed by atoms with Crippen molar-refractivity contribution >= 4 is 10.9 Å². The van der Waals surface area contributed by atoms with Gasteiger partial charge in [0.2, 0.25) is 0 Å². The van der Waals surface area contributed by atoms with Gasteiger partial charge in [-0.2, -0.15) is 5.06 Å². The molecule has 0 atom stereocenters. The summed E-state index contributed by atoms with van der Waals surface area (Å²) in [7, 11) is 1.66. The van der Waals surface area contributed by atoms with Crippen molar-refractivity contribution in [3.8, 4) is 0 Å². The summed E-state index contributed by atoms with van der Waals surface area (Å²) in [5.74, 6) is 0. The molecular weight excluding hydrogens is 176 g/mol. The predicted molar refractivity (Wildman–Crippen MR) is 56.4 cm³/mol. The number of benzene rings is 1. The first kappa shape index (κ1) is 9.24. The lowest BCUT2D eigenvalue weighted by molar-refractivity contribution is -0.0633. The number of hydroxylamine groups is 2. The number of nitrogens with one attached hydrogen (secondary N) is 1. The molecule has 0 saturated heterocycles. The molecule has 0 fully saturated rings.